The molecule has 2 heterocycles. The number of hydrogen-bond donors (Lipinski definition) is 0. The van der Waals surface area contributed by atoms with E-state index in [1.165, 1.54) is 18.4 Å². The maximum absolute atomic E-state index is 13.1. The van der Waals surface area contributed by atoms with Crippen LogP contribution in [0.5, 0.6) is 11.5 Å². The fraction of sp³-hybridized carbons (Fsp3) is 0.382. The molecule has 43 heavy (non-hydrogen) atoms. The monoisotopic (exact) mass is 594 g/mol. The maximum Gasteiger partial charge on any atom is 0.416 e. The SMILES string of the molecule is COc1ccc(-c2coc3cc(OCCCCN(C)C4CCN(Cc5cccc(C(F)(F)F)c5)CC4)ccc3c2=O)cc1. The van der Waals surface area contributed by atoms with Crippen LogP contribution in [0.1, 0.15) is 36.8 Å². The summed E-state index contributed by atoms with van der Waals surface area (Å²) in [5, 5.41) is 0.503. The predicted octanol–water partition coefficient (Wildman–Crippen LogP) is 7.24. The van der Waals surface area contributed by atoms with Crippen LogP contribution in [-0.2, 0) is 12.7 Å². The number of halogens is 3. The number of likely N-dealkylation sites (tertiary alicyclic amines) is 1. The molecule has 0 N–H and O–H groups in total. The Morgan fingerprint density at radius 1 is 0.977 bits per heavy atom. The van der Waals surface area contributed by atoms with Crippen LogP contribution in [0.25, 0.3) is 22.1 Å². The molecule has 9 heteroatoms. The van der Waals surface area contributed by atoms with Crippen molar-refractivity contribution in [3.05, 3.63) is 94.3 Å². The van der Waals surface area contributed by atoms with Crippen molar-refractivity contribution in [2.24, 2.45) is 0 Å². The third-order valence-electron chi connectivity index (χ3n) is 8.16. The lowest BCUT2D eigenvalue weighted by molar-refractivity contribution is -0.137. The molecule has 1 aliphatic heterocycles. The first kappa shape index (κ1) is 30.6. The third kappa shape index (κ3) is 7.77. The van der Waals surface area contributed by atoms with Gasteiger partial charge in [-0.1, -0.05) is 30.3 Å². The number of ether oxygens (including phenoxy) is 2. The summed E-state index contributed by atoms with van der Waals surface area (Å²) < 4.78 is 56.0. The summed E-state index contributed by atoms with van der Waals surface area (Å²) in [6.07, 6.45) is 1.03. The number of hydrogen-bond acceptors (Lipinski definition) is 6. The van der Waals surface area contributed by atoms with Gasteiger partial charge in [-0.05, 0) is 93.8 Å². The second-order valence-corrected chi connectivity index (χ2v) is 11.1. The number of unbranched alkanes of at least 4 members (excludes halogenated alkanes) is 1. The Bertz CT molecular complexity index is 1560. The van der Waals surface area contributed by atoms with Crippen molar-refractivity contribution in [1.82, 2.24) is 9.80 Å². The summed E-state index contributed by atoms with van der Waals surface area (Å²) in [7, 11) is 3.74. The zero-order chi connectivity index (χ0) is 30.4. The van der Waals surface area contributed by atoms with E-state index in [9.17, 15) is 18.0 Å². The Kier molecular flexibility index (Phi) is 9.72. The highest BCUT2D eigenvalue weighted by Gasteiger charge is 2.30. The van der Waals surface area contributed by atoms with Gasteiger partial charge >= 0.3 is 6.18 Å². The summed E-state index contributed by atoms with van der Waals surface area (Å²) in [6.45, 7) is 3.78. The molecule has 0 aliphatic carbocycles. The number of benzene rings is 3. The van der Waals surface area contributed by atoms with Crippen molar-refractivity contribution in [3.8, 4) is 22.6 Å². The van der Waals surface area contributed by atoms with Crippen LogP contribution in [0.4, 0.5) is 13.2 Å². The zero-order valence-electron chi connectivity index (χ0n) is 24.5. The van der Waals surface area contributed by atoms with Gasteiger partial charge in [-0.15, -0.1) is 0 Å². The molecule has 1 aliphatic rings. The smallest absolute Gasteiger partial charge is 0.416 e. The highest BCUT2D eigenvalue weighted by atomic mass is 19.4. The quantitative estimate of drug-likeness (QED) is 0.171. The summed E-state index contributed by atoms with van der Waals surface area (Å²) in [5.74, 6) is 1.38. The van der Waals surface area contributed by atoms with Gasteiger partial charge in [0.25, 0.3) is 0 Å². The van der Waals surface area contributed by atoms with Crippen molar-refractivity contribution >= 4 is 11.0 Å². The van der Waals surface area contributed by atoms with Crippen molar-refractivity contribution in [2.75, 3.05) is 40.4 Å². The van der Waals surface area contributed by atoms with Crippen LogP contribution in [0.2, 0.25) is 0 Å². The normalized spacial score (nSPS) is 14.8. The lowest BCUT2D eigenvalue weighted by Crippen LogP contribution is -2.43. The lowest BCUT2D eigenvalue weighted by atomic mass is 10.0. The number of nitrogens with zero attached hydrogens (tertiary/aromatic N) is 2. The van der Waals surface area contributed by atoms with Gasteiger partial charge in [0.1, 0.15) is 23.3 Å². The highest BCUT2D eigenvalue weighted by molar-refractivity contribution is 5.82. The minimum absolute atomic E-state index is 0.0949. The van der Waals surface area contributed by atoms with E-state index in [4.69, 9.17) is 13.9 Å². The molecule has 5 rings (SSSR count). The average molecular weight is 595 g/mol. The Labute approximate surface area is 249 Å². The molecule has 0 radical (unpaired) electrons. The van der Waals surface area contributed by atoms with Gasteiger partial charge in [0.15, 0.2) is 5.43 Å². The van der Waals surface area contributed by atoms with E-state index in [0.29, 0.717) is 47.0 Å². The molecule has 0 spiro atoms. The fourth-order valence-electron chi connectivity index (χ4n) is 5.63. The van der Waals surface area contributed by atoms with Crippen molar-refractivity contribution in [2.45, 2.75) is 44.4 Å². The molecule has 1 saturated heterocycles. The van der Waals surface area contributed by atoms with Crippen LogP contribution < -0.4 is 14.9 Å². The standard InChI is InChI=1S/C34H37F3N2O4/c1-38(27-14-17-39(18-15-27)22-24-6-5-7-26(20-24)34(35,36)37)16-3-4-19-42-29-12-13-30-32(21-29)43-23-31(33(30)40)25-8-10-28(41-2)11-9-25/h5-13,20-21,23,27H,3-4,14-19,22H2,1-2H3. The third-order valence-corrected chi connectivity index (χ3v) is 8.16. The van der Waals surface area contributed by atoms with Crippen molar-refractivity contribution in [3.63, 3.8) is 0 Å². The summed E-state index contributed by atoms with van der Waals surface area (Å²) in [4.78, 5) is 17.7. The summed E-state index contributed by atoms with van der Waals surface area (Å²) in [5.41, 5.74) is 1.77. The van der Waals surface area contributed by atoms with E-state index in [-0.39, 0.29) is 5.43 Å². The van der Waals surface area contributed by atoms with Crippen molar-refractivity contribution < 1.29 is 27.1 Å². The van der Waals surface area contributed by atoms with Gasteiger partial charge in [-0.2, -0.15) is 13.2 Å². The van der Waals surface area contributed by atoms with Crippen LogP contribution in [0, 0.1) is 0 Å². The van der Waals surface area contributed by atoms with E-state index in [2.05, 4.69) is 16.8 Å². The Hall–Kier alpha value is -3.82. The molecule has 6 nitrogen and oxygen atoms in total. The average Bonchev–Trinajstić information content (AvgIpc) is 3.01. The first-order valence-electron chi connectivity index (χ1n) is 14.6. The molecular weight excluding hydrogens is 557 g/mol. The van der Waals surface area contributed by atoms with E-state index >= 15 is 0 Å². The minimum Gasteiger partial charge on any atom is -0.497 e. The van der Waals surface area contributed by atoms with Gasteiger partial charge in [0.05, 0.1) is 30.2 Å². The van der Waals surface area contributed by atoms with Gasteiger partial charge in [-0.3, -0.25) is 9.69 Å². The molecule has 4 aromatic rings. The largest absolute Gasteiger partial charge is 0.497 e. The first-order chi connectivity index (χ1) is 20.7. The van der Waals surface area contributed by atoms with Crippen LogP contribution in [-0.4, -0.2) is 56.2 Å². The molecule has 1 aromatic heterocycles. The van der Waals surface area contributed by atoms with E-state index in [0.717, 1.165) is 62.7 Å². The van der Waals surface area contributed by atoms with Crippen LogP contribution in [0.3, 0.4) is 0 Å². The molecule has 0 amide bonds. The first-order valence-corrected chi connectivity index (χ1v) is 14.6. The summed E-state index contributed by atoms with van der Waals surface area (Å²) in [6, 6.07) is 18.7. The number of rotatable bonds is 11. The summed E-state index contributed by atoms with van der Waals surface area (Å²) >= 11 is 0. The Morgan fingerprint density at radius 3 is 2.44 bits per heavy atom. The molecule has 0 saturated carbocycles. The molecule has 0 atom stereocenters. The maximum atomic E-state index is 13.1. The second-order valence-electron chi connectivity index (χ2n) is 11.1. The van der Waals surface area contributed by atoms with E-state index < -0.39 is 11.7 Å². The van der Waals surface area contributed by atoms with Crippen LogP contribution in [0.15, 0.2) is 82.2 Å². The van der Waals surface area contributed by atoms with Crippen LogP contribution >= 0.6 is 0 Å². The number of methoxy groups -OCH3 is 1. The number of piperidine rings is 1. The van der Waals surface area contributed by atoms with E-state index in [1.807, 2.05) is 24.3 Å². The molecule has 1 fully saturated rings. The van der Waals surface area contributed by atoms with Crippen molar-refractivity contribution in [1.29, 1.82) is 0 Å². The highest BCUT2D eigenvalue weighted by Crippen LogP contribution is 2.30. The molecule has 0 unspecified atom stereocenters. The fourth-order valence-corrected chi connectivity index (χ4v) is 5.63. The zero-order valence-corrected chi connectivity index (χ0v) is 24.5. The number of fused-ring (bicyclic) bond motifs is 1. The minimum atomic E-state index is -4.31. The molecule has 3 aromatic carbocycles. The Balaban J connectivity index is 1.04. The molecule has 0 bridgehead atoms. The second kappa shape index (κ2) is 13.7. The molecular formula is C34H37F3N2O4. The topological polar surface area (TPSA) is 55.2 Å². The predicted molar refractivity (Wildman–Crippen MR) is 162 cm³/mol. The van der Waals surface area contributed by atoms with E-state index in [1.54, 1.807) is 31.4 Å². The van der Waals surface area contributed by atoms with Gasteiger partial charge in [0, 0.05) is 18.7 Å². The Morgan fingerprint density at radius 2 is 1.72 bits per heavy atom. The lowest BCUT2D eigenvalue weighted by Gasteiger charge is -2.37. The molecule has 228 valence electrons. The van der Waals surface area contributed by atoms with Gasteiger partial charge in [-0.25, -0.2) is 0 Å². The van der Waals surface area contributed by atoms with Gasteiger partial charge < -0.3 is 18.8 Å². The number of alkyl halides is 3. The van der Waals surface area contributed by atoms with Gasteiger partial charge in [0.2, 0.25) is 0 Å².